The molecule has 2 heterocycles. The summed E-state index contributed by atoms with van der Waals surface area (Å²) in [5, 5.41) is 5.60. The van der Waals surface area contributed by atoms with Gasteiger partial charge in [-0.2, -0.15) is 0 Å². The van der Waals surface area contributed by atoms with Gasteiger partial charge in [-0.3, -0.25) is 4.79 Å². The third-order valence-electron chi connectivity index (χ3n) is 5.38. The van der Waals surface area contributed by atoms with Gasteiger partial charge in [-0.25, -0.2) is 4.98 Å². The standard InChI is InChI=1S/C23H25N3O5S/c1-28-16-5-6-17(19(11-16)29-2)24-23-25-18(13-32-23)22(27)26-8-7-14-9-20(30-3)21(31-4)10-15(14)12-26/h5-6,9-11,13H,7-8,12H2,1-4H3,(H,24,25). The largest absolute Gasteiger partial charge is 0.497 e. The number of thiazole rings is 1. The molecule has 0 unspecified atom stereocenters. The summed E-state index contributed by atoms with van der Waals surface area (Å²) in [6.07, 6.45) is 0.750. The van der Waals surface area contributed by atoms with E-state index in [4.69, 9.17) is 18.9 Å². The summed E-state index contributed by atoms with van der Waals surface area (Å²) in [6, 6.07) is 9.40. The normalized spacial score (nSPS) is 12.7. The van der Waals surface area contributed by atoms with Crippen molar-refractivity contribution in [3.63, 3.8) is 0 Å². The average Bonchev–Trinajstić information content (AvgIpc) is 3.30. The number of fused-ring (bicyclic) bond motifs is 1. The van der Waals surface area contributed by atoms with E-state index in [1.165, 1.54) is 16.9 Å². The van der Waals surface area contributed by atoms with Crippen LogP contribution in [0.3, 0.4) is 0 Å². The second-order valence-electron chi connectivity index (χ2n) is 7.18. The Morgan fingerprint density at radius 2 is 1.69 bits per heavy atom. The van der Waals surface area contributed by atoms with Gasteiger partial charge in [0.15, 0.2) is 16.6 Å². The Hall–Kier alpha value is -3.46. The van der Waals surface area contributed by atoms with Crippen LogP contribution in [0.4, 0.5) is 10.8 Å². The number of hydrogen-bond donors (Lipinski definition) is 1. The molecule has 8 nitrogen and oxygen atoms in total. The smallest absolute Gasteiger partial charge is 0.273 e. The molecule has 0 saturated carbocycles. The SMILES string of the molecule is COc1ccc(Nc2nc(C(=O)N3CCc4cc(OC)c(OC)cc4C3)cs2)c(OC)c1. The number of hydrogen-bond acceptors (Lipinski definition) is 8. The predicted octanol–water partition coefficient (Wildman–Crippen LogP) is 4.12. The zero-order chi connectivity index (χ0) is 22.7. The molecule has 0 fully saturated rings. The Morgan fingerprint density at radius 3 is 2.38 bits per heavy atom. The molecule has 4 rings (SSSR count). The fraction of sp³-hybridized carbons (Fsp3) is 0.304. The maximum atomic E-state index is 13.1. The number of aromatic nitrogens is 1. The summed E-state index contributed by atoms with van der Waals surface area (Å²) in [4.78, 5) is 19.4. The van der Waals surface area contributed by atoms with Crippen molar-refractivity contribution in [3.05, 3.63) is 52.5 Å². The number of methoxy groups -OCH3 is 4. The Morgan fingerprint density at radius 1 is 0.969 bits per heavy atom. The number of rotatable bonds is 7. The number of amides is 1. The van der Waals surface area contributed by atoms with Crippen molar-refractivity contribution in [3.8, 4) is 23.0 Å². The van der Waals surface area contributed by atoms with Gasteiger partial charge in [-0.1, -0.05) is 0 Å². The number of anilines is 2. The van der Waals surface area contributed by atoms with Gasteiger partial charge in [-0.05, 0) is 41.8 Å². The van der Waals surface area contributed by atoms with E-state index in [0.717, 1.165) is 17.7 Å². The maximum absolute atomic E-state index is 13.1. The lowest BCUT2D eigenvalue weighted by atomic mass is 9.98. The lowest BCUT2D eigenvalue weighted by molar-refractivity contribution is 0.0729. The van der Waals surface area contributed by atoms with Crippen molar-refractivity contribution in [2.45, 2.75) is 13.0 Å². The molecule has 32 heavy (non-hydrogen) atoms. The summed E-state index contributed by atoms with van der Waals surface area (Å²) in [5.41, 5.74) is 3.38. The van der Waals surface area contributed by atoms with E-state index < -0.39 is 0 Å². The van der Waals surface area contributed by atoms with Crippen molar-refractivity contribution in [2.75, 3.05) is 40.3 Å². The van der Waals surface area contributed by atoms with Crippen molar-refractivity contribution in [2.24, 2.45) is 0 Å². The highest BCUT2D eigenvalue weighted by Crippen LogP contribution is 2.35. The number of nitrogens with zero attached hydrogens (tertiary/aromatic N) is 2. The van der Waals surface area contributed by atoms with Gasteiger partial charge in [-0.15, -0.1) is 11.3 Å². The second kappa shape index (κ2) is 9.35. The van der Waals surface area contributed by atoms with Crippen LogP contribution in [-0.2, 0) is 13.0 Å². The molecule has 0 spiro atoms. The summed E-state index contributed by atoms with van der Waals surface area (Å²) < 4.78 is 21.4. The van der Waals surface area contributed by atoms with Crippen LogP contribution in [-0.4, -0.2) is 50.8 Å². The first-order valence-corrected chi connectivity index (χ1v) is 10.9. The maximum Gasteiger partial charge on any atom is 0.273 e. The third-order valence-corrected chi connectivity index (χ3v) is 6.14. The van der Waals surface area contributed by atoms with E-state index in [9.17, 15) is 4.79 Å². The van der Waals surface area contributed by atoms with E-state index in [1.807, 2.05) is 24.3 Å². The van der Waals surface area contributed by atoms with Crippen LogP contribution in [0.5, 0.6) is 23.0 Å². The second-order valence-corrected chi connectivity index (χ2v) is 8.04. The summed E-state index contributed by atoms with van der Waals surface area (Å²) in [6.45, 7) is 1.12. The van der Waals surface area contributed by atoms with Gasteiger partial charge in [0.1, 0.15) is 17.2 Å². The van der Waals surface area contributed by atoms with Crippen LogP contribution < -0.4 is 24.3 Å². The van der Waals surface area contributed by atoms with Crippen LogP contribution in [0.15, 0.2) is 35.7 Å². The zero-order valence-electron chi connectivity index (χ0n) is 18.4. The summed E-state index contributed by atoms with van der Waals surface area (Å²) in [7, 11) is 6.43. The zero-order valence-corrected chi connectivity index (χ0v) is 19.2. The van der Waals surface area contributed by atoms with E-state index >= 15 is 0 Å². The lowest BCUT2D eigenvalue weighted by Gasteiger charge is -2.29. The minimum atomic E-state index is -0.101. The van der Waals surface area contributed by atoms with Gasteiger partial charge in [0, 0.05) is 24.5 Å². The van der Waals surface area contributed by atoms with E-state index in [-0.39, 0.29) is 5.91 Å². The first-order valence-electron chi connectivity index (χ1n) is 10.0. The van der Waals surface area contributed by atoms with Gasteiger partial charge >= 0.3 is 0 Å². The third kappa shape index (κ3) is 4.29. The number of ether oxygens (including phenoxy) is 4. The molecule has 9 heteroatoms. The molecule has 0 saturated heterocycles. The Balaban J connectivity index is 1.49. The van der Waals surface area contributed by atoms with E-state index in [1.54, 1.807) is 44.8 Å². The molecule has 3 aromatic rings. The fourth-order valence-electron chi connectivity index (χ4n) is 3.66. The first-order chi connectivity index (χ1) is 15.6. The van der Waals surface area contributed by atoms with Crippen LogP contribution in [0.1, 0.15) is 21.6 Å². The molecule has 1 aliphatic rings. The van der Waals surface area contributed by atoms with Crippen LogP contribution in [0.25, 0.3) is 0 Å². The van der Waals surface area contributed by atoms with Gasteiger partial charge in [0.2, 0.25) is 0 Å². The number of carbonyl (C=O) groups is 1. The Labute approximate surface area is 190 Å². The molecule has 1 aromatic heterocycles. The molecular weight excluding hydrogens is 430 g/mol. The molecular formula is C23H25N3O5S. The average molecular weight is 456 g/mol. The topological polar surface area (TPSA) is 82.2 Å². The lowest BCUT2D eigenvalue weighted by Crippen LogP contribution is -2.36. The van der Waals surface area contributed by atoms with Crippen molar-refractivity contribution >= 4 is 28.1 Å². The van der Waals surface area contributed by atoms with Crippen LogP contribution >= 0.6 is 11.3 Å². The number of carbonyl (C=O) groups excluding carboxylic acids is 1. The number of benzene rings is 2. The predicted molar refractivity (Wildman–Crippen MR) is 123 cm³/mol. The van der Waals surface area contributed by atoms with Gasteiger partial charge in [0.05, 0.1) is 34.1 Å². The van der Waals surface area contributed by atoms with Crippen molar-refractivity contribution in [1.82, 2.24) is 9.88 Å². The molecule has 0 aliphatic carbocycles. The highest BCUT2D eigenvalue weighted by Gasteiger charge is 2.25. The van der Waals surface area contributed by atoms with Crippen molar-refractivity contribution in [1.29, 1.82) is 0 Å². The summed E-state index contributed by atoms with van der Waals surface area (Å²) in [5.74, 6) is 2.59. The van der Waals surface area contributed by atoms with Crippen LogP contribution in [0.2, 0.25) is 0 Å². The molecule has 0 bridgehead atoms. The first kappa shape index (κ1) is 21.8. The molecule has 0 radical (unpaired) electrons. The molecule has 2 aromatic carbocycles. The molecule has 0 atom stereocenters. The number of nitrogens with one attached hydrogen (secondary N) is 1. The minimum Gasteiger partial charge on any atom is -0.497 e. The Bertz CT molecular complexity index is 1130. The molecule has 1 N–H and O–H groups in total. The highest BCUT2D eigenvalue weighted by atomic mass is 32.1. The van der Waals surface area contributed by atoms with Crippen LogP contribution in [0, 0.1) is 0 Å². The molecule has 168 valence electrons. The van der Waals surface area contributed by atoms with Gasteiger partial charge in [0.25, 0.3) is 5.91 Å². The quantitative estimate of drug-likeness (QED) is 0.574. The fourth-order valence-corrected chi connectivity index (χ4v) is 4.36. The van der Waals surface area contributed by atoms with Crippen molar-refractivity contribution < 1.29 is 23.7 Å². The Kier molecular flexibility index (Phi) is 6.36. The monoisotopic (exact) mass is 455 g/mol. The highest BCUT2D eigenvalue weighted by molar-refractivity contribution is 7.14. The van der Waals surface area contributed by atoms with E-state index in [0.29, 0.717) is 46.9 Å². The minimum absolute atomic E-state index is 0.101. The molecule has 1 amide bonds. The van der Waals surface area contributed by atoms with E-state index in [2.05, 4.69) is 10.3 Å². The molecule has 1 aliphatic heterocycles. The summed E-state index contributed by atoms with van der Waals surface area (Å²) >= 11 is 1.37. The van der Waals surface area contributed by atoms with Gasteiger partial charge < -0.3 is 29.2 Å².